The lowest BCUT2D eigenvalue weighted by Crippen LogP contribution is -2.70. The Hall–Kier alpha value is -0.560. The first-order valence-electron chi connectivity index (χ1n) is 9.93. The molecule has 6 rings (SSSR count). The number of fused-ring (bicyclic) bond motifs is 2. The molecule has 1 spiro atoms. The average molecular weight is 381 g/mol. The summed E-state index contributed by atoms with van der Waals surface area (Å²) in [6, 6.07) is 0. The van der Waals surface area contributed by atoms with Crippen LogP contribution in [0.2, 0.25) is 0 Å². The molecule has 0 radical (unpaired) electrons. The van der Waals surface area contributed by atoms with E-state index < -0.39 is 22.9 Å². The molecule has 6 fully saturated rings. The van der Waals surface area contributed by atoms with Crippen LogP contribution in [0.4, 0.5) is 0 Å². The molecule has 4 bridgehead atoms. The first-order chi connectivity index (χ1) is 12.3. The van der Waals surface area contributed by atoms with Gasteiger partial charge in [0.2, 0.25) is 0 Å². The van der Waals surface area contributed by atoms with Gasteiger partial charge >= 0.3 is 11.4 Å². The van der Waals surface area contributed by atoms with Crippen molar-refractivity contribution in [1.82, 2.24) is 0 Å². The van der Waals surface area contributed by atoms with Crippen molar-refractivity contribution in [2.45, 2.75) is 58.0 Å². The number of aliphatic hydroxyl groups is 1. The number of allylic oxidation sites excluding steroid dienone is 1. The Morgan fingerprint density at radius 3 is 2.73 bits per heavy atom. The molecule has 0 aromatic heterocycles. The van der Waals surface area contributed by atoms with E-state index in [9.17, 15) is 14.1 Å². The fourth-order valence-electron chi connectivity index (χ4n) is 7.62. The molecule has 4 unspecified atom stereocenters. The number of rotatable bonds is 0. The van der Waals surface area contributed by atoms with Gasteiger partial charge in [-0.1, -0.05) is 19.9 Å². The molecule has 5 saturated carbocycles. The summed E-state index contributed by atoms with van der Waals surface area (Å²) in [4.78, 5) is 13.3. The molecule has 1 heterocycles. The van der Waals surface area contributed by atoms with E-state index in [2.05, 4.69) is 13.5 Å². The average Bonchev–Trinajstić information content (AvgIpc) is 2.63. The first-order valence-corrected chi connectivity index (χ1v) is 10.9. The van der Waals surface area contributed by atoms with Gasteiger partial charge in [0.15, 0.2) is 5.78 Å². The molecule has 8 atom stereocenters. The van der Waals surface area contributed by atoms with Gasteiger partial charge in [0.25, 0.3) is 0 Å². The Labute approximate surface area is 157 Å². The van der Waals surface area contributed by atoms with Crippen molar-refractivity contribution in [3.63, 3.8) is 0 Å². The highest BCUT2D eigenvalue weighted by Gasteiger charge is 2.71. The zero-order chi connectivity index (χ0) is 18.3. The number of carbonyl (C=O) groups excluding carboxylic acids is 1. The summed E-state index contributed by atoms with van der Waals surface area (Å²) in [5, 5.41) is 11.3. The number of aliphatic hydroxyl groups excluding tert-OH is 1. The van der Waals surface area contributed by atoms with Gasteiger partial charge < -0.3 is 5.11 Å². The van der Waals surface area contributed by atoms with Gasteiger partial charge in [-0.2, -0.15) is 4.21 Å². The second kappa shape index (κ2) is 5.49. The summed E-state index contributed by atoms with van der Waals surface area (Å²) in [6.45, 7) is 7.05. The Kier molecular flexibility index (Phi) is 3.70. The lowest BCUT2D eigenvalue weighted by molar-refractivity contribution is -0.234. The molecule has 0 aromatic carbocycles. The third-order valence-corrected chi connectivity index (χ3v) is 9.46. The van der Waals surface area contributed by atoms with Crippen LogP contribution < -0.4 is 0 Å². The lowest BCUT2D eigenvalue weighted by atomic mass is 9.35. The van der Waals surface area contributed by atoms with Gasteiger partial charge in [-0.3, -0.25) is 13.2 Å². The Bertz CT molecular complexity index is 706. The quantitative estimate of drug-likeness (QED) is 0.654. The molecule has 0 aromatic rings. The number of hydrogen-bond donors (Lipinski definition) is 1. The molecule has 6 heteroatoms. The van der Waals surface area contributed by atoms with Crippen LogP contribution in [0.1, 0.15) is 51.9 Å². The minimum atomic E-state index is -1.73. The molecule has 6 aliphatic rings. The van der Waals surface area contributed by atoms with Crippen LogP contribution in [0.25, 0.3) is 0 Å². The molecule has 1 aliphatic heterocycles. The van der Waals surface area contributed by atoms with E-state index in [-0.39, 0.29) is 34.4 Å². The van der Waals surface area contributed by atoms with Crippen LogP contribution in [0.3, 0.4) is 0 Å². The lowest BCUT2D eigenvalue weighted by Gasteiger charge is -2.69. The maximum atomic E-state index is 13.3. The number of ketones is 1. The van der Waals surface area contributed by atoms with Gasteiger partial charge in [-0.15, -0.1) is 0 Å². The summed E-state index contributed by atoms with van der Waals surface area (Å²) in [5.41, 5.74) is -0.304. The Morgan fingerprint density at radius 2 is 1.92 bits per heavy atom. The number of Topliss-reactive ketones (excluding diaryl/α,β-unsaturated/α-hetero) is 1. The number of carbonyl (C=O) groups is 1. The van der Waals surface area contributed by atoms with Crippen molar-refractivity contribution in [3.8, 4) is 0 Å². The predicted octanol–water partition coefficient (Wildman–Crippen LogP) is 2.71. The molecule has 5 nitrogen and oxygen atoms in total. The molecule has 1 N–H and O–H groups in total. The summed E-state index contributed by atoms with van der Waals surface area (Å²) < 4.78 is 23.2. The second-order valence-corrected chi connectivity index (χ2v) is 10.6. The largest absolute Gasteiger partial charge is 0.392 e. The van der Waals surface area contributed by atoms with Crippen molar-refractivity contribution < 1.29 is 22.5 Å². The highest BCUT2D eigenvalue weighted by Crippen LogP contribution is 2.71. The fraction of sp³-hybridized carbons (Fsp3) is 0.850. The topological polar surface area (TPSA) is 72.8 Å². The smallest absolute Gasteiger partial charge is 0.304 e. The Balaban J connectivity index is 1.67. The van der Waals surface area contributed by atoms with Crippen LogP contribution in [-0.2, 0) is 24.5 Å². The minimum Gasteiger partial charge on any atom is -0.392 e. The van der Waals surface area contributed by atoms with Crippen molar-refractivity contribution in [2.24, 2.45) is 34.0 Å². The van der Waals surface area contributed by atoms with Crippen molar-refractivity contribution in [1.29, 1.82) is 0 Å². The summed E-state index contributed by atoms with van der Waals surface area (Å²) in [6.07, 6.45) is 5.65. The van der Waals surface area contributed by atoms with E-state index in [1.165, 1.54) is 0 Å². The molecule has 5 aliphatic carbocycles. The van der Waals surface area contributed by atoms with Crippen LogP contribution in [0.5, 0.6) is 0 Å². The molecule has 144 valence electrons. The zero-order valence-corrected chi connectivity index (χ0v) is 16.2. The normalized spacial score (nSPS) is 56.3. The van der Waals surface area contributed by atoms with E-state index in [1.807, 2.05) is 0 Å². The van der Waals surface area contributed by atoms with E-state index in [1.54, 1.807) is 0 Å². The van der Waals surface area contributed by atoms with E-state index in [4.69, 9.17) is 8.37 Å². The van der Waals surface area contributed by atoms with Gasteiger partial charge in [0.05, 0.1) is 24.7 Å². The molecule has 0 amide bonds. The van der Waals surface area contributed by atoms with Crippen LogP contribution in [0.15, 0.2) is 12.2 Å². The second-order valence-electron chi connectivity index (χ2n) is 9.69. The van der Waals surface area contributed by atoms with Crippen LogP contribution in [0, 0.1) is 34.0 Å². The SMILES string of the molecule is C=C1C(=O)C23CC[C@H]1CC2[C@@]12CCC[C@@](C)(COS(=O)OC1)C2C[C@H]3O. The molecule has 1 saturated heterocycles. The van der Waals surface area contributed by atoms with Crippen molar-refractivity contribution in [3.05, 3.63) is 12.2 Å². The predicted molar refractivity (Wildman–Crippen MR) is 96.0 cm³/mol. The fourth-order valence-corrected chi connectivity index (χ4v) is 8.37. The van der Waals surface area contributed by atoms with Gasteiger partial charge in [0.1, 0.15) is 0 Å². The zero-order valence-electron chi connectivity index (χ0n) is 15.4. The van der Waals surface area contributed by atoms with Gasteiger partial charge in [0, 0.05) is 5.41 Å². The van der Waals surface area contributed by atoms with Crippen LogP contribution in [-0.4, -0.2) is 34.4 Å². The van der Waals surface area contributed by atoms with Crippen LogP contribution >= 0.6 is 0 Å². The van der Waals surface area contributed by atoms with Crippen molar-refractivity contribution >= 4 is 17.1 Å². The third kappa shape index (κ3) is 1.97. The monoisotopic (exact) mass is 380 g/mol. The van der Waals surface area contributed by atoms with E-state index in [0.717, 1.165) is 44.1 Å². The maximum absolute atomic E-state index is 13.3. The number of hydrogen-bond acceptors (Lipinski definition) is 5. The van der Waals surface area contributed by atoms with Gasteiger partial charge in [-0.05, 0) is 67.3 Å². The van der Waals surface area contributed by atoms with Gasteiger partial charge in [-0.25, -0.2) is 0 Å². The maximum Gasteiger partial charge on any atom is 0.304 e. The summed E-state index contributed by atoms with van der Waals surface area (Å²) in [5.74, 6) is 0.648. The molecule has 26 heavy (non-hydrogen) atoms. The standard InChI is InChI=1S/C20H28O5S/c1-12-13-4-7-20(17(12)22)15(8-13)19-6-3-5-18(2,14(19)9-16(20)21)10-24-26(23)25-11-19/h13-16,21H,1,3-11H2,2H3/t13-,14?,15?,16+,18-,19-,20?,26?/m0/s1. The van der Waals surface area contributed by atoms with E-state index >= 15 is 0 Å². The summed E-state index contributed by atoms with van der Waals surface area (Å²) >= 11 is -1.73. The highest BCUT2D eigenvalue weighted by atomic mass is 32.2. The first kappa shape index (κ1) is 17.5. The van der Waals surface area contributed by atoms with E-state index in [0.29, 0.717) is 19.6 Å². The molecular weight excluding hydrogens is 352 g/mol. The third-order valence-electron chi connectivity index (χ3n) is 8.84. The van der Waals surface area contributed by atoms with Crippen molar-refractivity contribution in [2.75, 3.05) is 13.2 Å². The summed E-state index contributed by atoms with van der Waals surface area (Å²) in [7, 11) is 0. The highest BCUT2D eigenvalue weighted by molar-refractivity contribution is 7.75. The minimum absolute atomic E-state index is 0.0928. The Morgan fingerprint density at radius 1 is 1.15 bits per heavy atom. The molecular formula is C20H28O5S.